The smallest absolute Gasteiger partial charge is 0.341 e. The van der Waals surface area contributed by atoms with Crippen molar-refractivity contribution in [2.24, 2.45) is 5.92 Å². The van der Waals surface area contributed by atoms with Gasteiger partial charge in [-0.25, -0.2) is 4.79 Å². The summed E-state index contributed by atoms with van der Waals surface area (Å²) in [5, 5.41) is 7.42. The van der Waals surface area contributed by atoms with Gasteiger partial charge >= 0.3 is 11.9 Å². The minimum atomic E-state index is -3.29. The van der Waals surface area contributed by atoms with Gasteiger partial charge < -0.3 is 43.3 Å². The highest BCUT2D eigenvalue weighted by molar-refractivity contribution is 7.80. The van der Waals surface area contributed by atoms with Crippen LogP contribution in [0.4, 0.5) is 28.4 Å². The second-order valence-corrected chi connectivity index (χ2v) is 19.5. The maximum Gasteiger partial charge on any atom is 0.341 e. The van der Waals surface area contributed by atoms with E-state index < -0.39 is 27.8 Å². The predicted octanol–water partition coefficient (Wildman–Crippen LogP) is 11.4. The molecule has 15 heteroatoms. The summed E-state index contributed by atoms with van der Waals surface area (Å²) in [6, 6.07) is 50.1. The quantitative estimate of drug-likeness (QED) is 0.0259. The molecule has 1 unspecified atom stereocenters. The summed E-state index contributed by atoms with van der Waals surface area (Å²) in [5.74, 6) is -1.40. The Morgan fingerprint density at radius 2 is 1.14 bits per heavy atom. The Hall–Kier alpha value is -6.19. The SMILES string of the molecule is C=C(C(C)C(=O)OCC)P1(=O)N(c2ccccc2)CCN1c1ccccc1.C=C=C(C)C(=O)OCC.S=C(NCCOP1N(c2ccccc2)CCN1c1ccccc1)Nc1ccccc1. The highest BCUT2D eigenvalue weighted by Crippen LogP contribution is 2.66. The number of thiocarbonyl (C=S) groups is 1. The van der Waals surface area contributed by atoms with Gasteiger partial charge in [-0.3, -0.25) is 9.36 Å². The number of ether oxygens (including phenoxy) is 2. The van der Waals surface area contributed by atoms with Crippen LogP contribution in [0.15, 0.2) is 181 Å². The first kappa shape index (κ1) is 50.8. The third-order valence-corrected chi connectivity index (χ3v) is 16.0. The molecule has 2 fully saturated rings. The zero-order valence-corrected chi connectivity index (χ0v) is 40.7. The van der Waals surface area contributed by atoms with Crippen molar-refractivity contribution in [1.82, 2.24) is 5.32 Å². The molecule has 0 saturated carbocycles. The number of esters is 2. The van der Waals surface area contributed by atoms with E-state index in [1.807, 2.05) is 112 Å². The topological polar surface area (TPSA) is 116 Å². The van der Waals surface area contributed by atoms with E-state index in [-0.39, 0.29) is 12.6 Å². The molecule has 0 aromatic heterocycles. The molecule has 0 spiro atoms. The summed E-state index contributed by atoms with van der Waals surface area (Å²) < 4.78 is 39.1. The van der Waals surface area contributed by atoms with Gasteiger partial charge in [-0.2, -0.15) is 0 Å². The van der Waals surface area contributed by atoms with Crippen LogP contribution in [0.25, 0.3) is 0 Å². The van der Waals surface area contributed by atoms with Gasteiger partial charge in [-0.1, -0.05) is 104 Å². The van der Waals surface area contributed by atoms with E-state index in [9.17, 15) is 14.2 Å². The standard InChI is InChI=1S/C23H25N4OPS.C21H25N2O3P.C7H10O2/c30-23(25-20-10-4-1-5-11-20)24-16-19-28-29-26(21-12-6-2-7-13-21)17-18-27(29)22-14-8-3-9-15-22;1-4-26-21(24)17(2)18(3)27(25)22(19-11-7-5-8-12-19)15-16-23(27)20-13-9-6-10-14-20;1-4-6(3)7(8)9-5-2/h1-15H,16-19H2,(H2,24,25,30);5-14,17H,3-4,15-16H2,1-2H3;1,5H2,2-3H3. The van der Waals surface area contributed by atoms with E-state index in [0.29, 0.717) is 48.8 Å². The van der Waals surface area contributed by atoms with Crippen molar-refractivity contribution in [2.75, 3.05) is 76.5 Å². The fourth-order valence-electron chi connectivity index (χ4n) is 6.91. The highest BCUT2D eigenvalue weighted by atomic mass is 32.1. The van der Waals surface area contributed by atoms with Crippen LogP contribution < -0.4 is 29.3 Å². The van der Waals surface area contributed by atoms with Gasteiger partial charge in [-0.05, 0) is 101 Å². The van der Waals surface area contributed by atoms with Gasteiger partial charge in [0.05, 0.1) is 31.3 Å². The molecule has 7 rings (SSSR count). The molecule has 0 bridgehead atoms. The lowest BCUT2D eigenvalue weighted by Gasteiger charge is -2.35. The molecule has 2 aliphatic rings. The Bertz CT molecular complexity index is 2320. The fourth-order valence-corrected chi connectivity index (χ4v) is 12.2. The first-order chi connectivity index (χ1) is 32.0. The highest BCUT2D eigenvalue weighted by Gasteiger charge is 2.48. The van der Waals surface area contributed by atoms with Gasteiger partial charge in [0, 0.05) is 66.5 Å². The van der Waals surface area contributed by atoms with Gasteiger partial charge in [0.15, 0.2) is 5.11 Å². The molecule has 0 amide bonds. The van der Waals surface area contributed by atoms with E-state index in [1.165, 1.54) is 11.4 Å². The molecule has 2 aliphatic heterocycles. The second kappa shape index (κ2) is 26.1. The third-order valence-electron chi connectivity index (χ3n) is 10.3. The molecular weight excluding hydrogens is 887 g/mol. The lowest BCUT2D eigenvalue weighted by molar-refractivity contribution is -0.145. The Balaban J connectivity index is 0.000000210. The van der Waals surface area contributed by atoms with Crippen molar-refractivity contribution in [3.63, 3.8) is 0 Å². The molecular formula is C51H60N6O6P2S. The van der Waals surface area contributed by atoms with Crippen molar-refractivity contribution >= 4 is 73.6 Å². The Kier molecular flexibility index (Phi) is 20.1. The zero-order valence-electron chi connectivity index (χ0n) is 38.1. The van der Waals surface area contributed by atoms with E-state index in [4.69, 9.17) is 21.5 Å². The Morgan fingerprint density at radius 1 is 0.712 bits per heavy atom. The lowest BCUT2D eigenvalue weighted by atomic mass is 10.2. The number of anilines is 5. The molecule has 66 heavy (non-hydrogen) atoms. The molecule has 5 aromatic rings. The fraction of sp³-hybridized carbons (Fsp3) is 0.255. The molecule has 12 nitrogen and oxygen atoms in total. The maximum absolute atomic E-state index is 14.5. The van der Waals surface area contributed by atoms with Gasteiger partial charge in [0.2, 0.25) is 8.45 Å². The van der Waals surface area contributed by atoms with Crippen LogP contribution in [-0.2, 0) is 28.2 Å². The number of para-hydroxylation sites is 5. The monoisotopic (exact) mass is 946 g/mol. The molecule has 346 valence electrons. The maximum atomic E-state index is 14.5. The molecule has 2 saturated heterocycles. The number of carbonyl (C=O) groups is 2. The molecule has 0 radical (unpaired) electrons. The summed E-state index contributed by atoms with van der Waals surface area (Å²) in [4.78, 5) is 22.9. The van der Waals surface area contributed by atoms with Crippen molar-refractivity contribution in [1.29, 1.82) is 0 Å². The van der Waals surface area contributed by atoms with Gasteiger partial charge in [0.1, 0.15) is 0 Å². The molecule has 0 aliphatic carbocycles. The van der Waals surface area contributed by atoms with Crippen molar-refractivity contribution in [2.45, 2.75) is 27.7 Å². The van der Waals surface area contributed by atoms with Crippen molar-refractivity contribution < 1.29 is 28.2 Å². The van der Waals surface area contributed by atoms with Crippen LogP contribution in [0, 0.1) is 5.92 Å². The van der Waals surface area contributed by atoms with Crippen LogP contribution in [0.5, 0.6) is 0 Å². The summed E-state index contributed by atoms with van der Waals surface area (Å²) in [6.07, 6.45) is 0. The summed E-state index contributed by atoms with van der Waals surface area (Å²) in [7, 11) is -4.23. The number of nitrogens with zero attached hydrogens (tertiary/aromatic N) is 4. The summed E-state index contributed by atoms with van der Waals surface area (Å²) >= 11 is 5.39. The van der Waals surface area contributed by atoms with Crippen molar-refractivity contribution in [3.8, 4) is 0 Å². The zero-order chi connectivity index (χ0) is 47.3. The Morgan fingerprint density at radius 3 is 1.56 bits per heavy atom. The summed E-state index contributed by atoms with van der Waals surface area (Å²) in [5.41, 5.74) is 7.94. The third kappa shape index (κ3) is 13.7. The number of rotatable bonds is 15. The average Bonchev–Trinajstić information content (AvgIpc) is 3.95. The second-order valence-electron chi connectivity index (χ2n) is 14.7. The number of nitrogens with one attached hydrogen (secondary N) is 2. The van der Waals surface area contributed by atoms with Gasteiger partial charge in [0.25, 0.3) is 7.44 Å². The van der Waals surface area contributed by atoms with Crippen LogP contribution in [0.1, 0.15) is 27.7 Å². The van der Waals surface area contributed by atoms with Crippen LogP contribution in [0.3, 0.4) is 0 Å². The molecule has 1 atom stereocenters. The molecule has 2 N–H and O–H groups in total. The minimum absolute atomic E-state index is 0.283. The van der Waals surface area contributed by atoms with Gasteiger partial charge in [-0.15, -0.1) is 5.73 Å². The molecule has 2 heterocycles. The lowest BCUT2D eigenvalue weighted by Crippen LogP contribution is -2.31. The first-order valence-electron chi connectivity index (χ1n) is 21.9. The van der Waals surface area contributed by atoms with E-state index in [0.717, 1.165) is 30.2 Å². The number of carbonyl (C=O) groups excluding carboxylic acids is 2. The number of hydrogen-bond donors (Lipinski definition) is 2. The van der Waals surface area contributed by atoms with E-state index in [1.54, 1.807) is 27.7 Å². The normalized spacial score (nSPS) is 14.3. The number of hydrogen-bond acceptors (Lipinski definition) is 9. The van der Waals surface area contributed by atoms with Crippen LogP contribution >= 0.6 is 28.1 Å². The summed E-state index contributed by atoms with van der Waals surface area (Å²) in [6.45, 7) is 19.2. The van der Waals surface area contributed by atoms with Crippen LogP contribution in [0.2, 0.25) is 0 Å². The molecule has 5 aromatic carbocycles. The predicted molar refractivity (Wildman–Crippen MR) is 276 cm³/mol. The van der Waals surface area contributed by atoms with E-state index >= 15 is 0 Å². The first-order valence-corrected chi connectivity index (χ1v) is 25.1. The van der Waals surface area contributed by atoms with Crippen molar-refractivity contribution in [3.05, 3.63) is 181 Å². The largest absolute Gasteiger partial charge is 0.466 e. The van der Waals surface area contributed by atoms with E-state index in [2.05, 4.69) is 92.1 Å². The average molecular weight is 947 g/mol. The van der Waals surface area contributed by atoms with Crippen LogP contribution in [-0.4, -0.2) is 69.6 Å². The Labute approximate surface area is 397 Å². The number of benzene rings is 5. The minimum Gasteiger partial charge on any atom is -0.466 e.